The lowest BCUT2D eigenvalue weighted by molar-refractivity contribution is 0.350. The quantitative estimate of drug-likeness (QED) is 0.618. The van der Waals surface area contributed by atoms with Crippen LogP contribution in [0.25, 0.3) is 0 Å². The molecule has 0 aliphatic rings. The summed E-state index contributed by atoms with van der Waals surface area (Å²) < 4.78 is 0. The maximum absolute atomic E-state index is 3.67. The van der Waals surface area contributed by atoms with Crippen LogP contribution in [0.5, 0.6) is 0 Å². The first-order valence-corrected chi connectivity index (χ1v) is 7.85. The van der Waals surface area contributed by atoms with Gasteiger partial charge in [0.25, 0.3) is 0 Å². The molecule has 0 heterocycles. The van der Waals surface area contributed by atoms with Gasteiger partial charge in [-0.2, -0.15) is 0 Å². The van der Waals surface area contributed by atoms with E-state index >= 15 is 0 Å². The zero-order valence-corrected chi connectivity index (χ0v) is 13.6. The van der Waals surface area contributed by atoms with Gasteiger partial charge >= 0.3 is 0 Å². The van der Waals surface area contributed by atoms with Crippen LogP contribution in [-0.4, -0.2) is 25.2 Å². The van der Waals surface area contributed by atoms with Gasteiger partial charge in [-0.25, -0.2) is 0 Å². The van der Waals surface area contributed by atoms with Gasteiger partial charge in [-0.15, -0.1) is 0 Å². The third-order valence-corrected chi connectivity index (χ3v) is 3.51. The molecule has 2 atom stereocenters. The fourth-order valence-electron chi connectivity index (χ4n) is 2.10. The largest absolute Gasteiger partial charge is 0.314 e. The Balaban J connectivity index is 3.55. The van der Waals surface area contributed by atoms with Crippen molar-refractivity contribution < 1.29 is 0 Å². The van der Waals surface area contributed by atoms with Gasteiger partial charge < -0.3 is 10.6 Å². The van der Waals surface area contributed by atoms with E-state index in [0.717, 1.165) is 19.1 Å². The Morgan fingerprint density at radius 2 is 1.61 bits per heavy atom. The molecule has 0 spiro atoms. The first kappa shape index (κ1) is 17.9. The van der Waals surface area contributed by atoms with Gasteiger partial charge in [0.15, 0.2) is 0 Å². The summed E-state index contributed by atoms with van der Waals surface area (Å²) in [6.07, 6.45) is 6.31. The van der Waals surface area contributed by atoms with Crippen molar-refractivity contribution in [3.05, 3.63) is 0 Å². The smallest absolute Gasteiger partial charge is 0.00643 e. The third kappa shape index (κ3) is 11.0. The van der Waals surface area contributed by atoms with Gasteiger partial charge in [-0.3, -0.25) is 0 Å². The van der Waals surface area contributed by atoms with Crippen molar-refractivity contribution in [1.82, 2.24) is 10.6 Å². The molecule has 0 aliphatic carbocycles. The minimum Gasteiger partial charge on any atom is -0.314 e. The van der Waals surface area contributed by atoms with Crippen LogP contribution in [0.15, 0.2) is 0 Å². The number of hydrogen-bond acceptors (Lipinski definition) is 2. The van der Waals surface area contributed by atoms with E-state index < -0.39 is 0 Å². The first-order valence-electron chi connectivity index (χ1n) is 7.85. The van der Waals surface area contributed by atoms with Crippen LogP contribution in [0.3, 0.4) is 0 Å². The predicted molar refractivity (Wildman–Crippen MR) is 83.1 cm³/mol. The monoisotopic (exact) mass is 256 g/mol. The standard InChI is InChI=1S/C16H36N2/c1-7-9-15(8-2)18-12-10-14(3)17-13-11-16(4,5)6/h14-15,17-18H,7-13H2,1-6H3. The minimum absolute atomic E-state index is 0.444. The summed E-state index contributed by atoms with van der Waals surface area (Å²) in [6, 6.07) is 1.34. The predicted octanol–water partition coefficient (Wildman–Crippen LogP) is 3.96. The molecule has 0 fully saturated rings. The van der Waals surface area contributed by atoms with Crippen molar-refractivity contribution in [2.24, 2.45) is 5.41 Å². The van der Waals surface area contributed by atoms with Crippen molar-refractivity contribution >= 4 is 0 Å². The molecule has 0 aromatic heterocycles. The molecular formula is C16H36N2. The van der Waals surface area contributed by atoms with Crippen molar-refractivity contribution in [2.45, 2.75) is 85.7 Å². The van der Waals surface area contributed by atoms with Gasteiger partial charge in [0.2, 0.25) is 0 Å². The fraction of sp³-hybridized carbons (Fsp3) is 1.00. The van der Waals surface area contributed by atoms with Crippen molar-refractivity contribution in [2.75, 3.05) is 13.1 Å². The van der Waals surface area contributed by atoms with Crippen molar-refractivity contribution in [3.63, 3.8) is 0 Å². The highest BCUT2D eigenvalue weighted by Crippen LogP contribution is 2.17. The minimum atomic E-state index is 0.444. The van der Waals surface area contributed by atoms with Crippen LogP contribution in [0.2, 0.25) is 0 Å². The summed E-state index contributed by atoms with van der Waals surface area (Å²) in [5.41, 5.74) is 0.444. The van der Waals surface area contributed by atoms with Crippen molar-refractivity contribution in [1.29, 1.82) is 0 Å². The van der Waals surface area contributed by atoms with Crippen LogP contribution in [0.4, 0.5) is 0 Å². The van der Waals surface area contributed by atoms with E-state index in [9.17, 15) is 0 Å². The second-order valence-electron chi connectivity index (χ2n) is 6.80. The van der Waals surface area contributed by atoms with Gasteiger partial charge in [0.1, 0.15) is 0 Å². The first-order chi connectivity index (χ1) is 8.39. The molecule has 0 aromatic rings. The molecule has 18 heavy (non-hydrogen) atoms. The SMILES string of the molecule is CCCC(CC)NCCC(C)NCCC(C)(C)C. The Morgan fingerprint density at radius 3 is 2.11 bits per heavy atom. The summed E-state index contributed by atoms with van der Waals surface area (Å²) in [7, 11) is 0. The van der Waals surface area contributed by atoms with E-state index in [1.807, 2.05) is 0 Å². The molecule has 110 valence electrons. The highest BCUT2D eigenvalue weighted by Gasteiger charge is 2.10. The number of rotatable bonds is 10. The van der Waals surface area contributed by atoms with E-state index in [-0.39, 0.29) is 0 Å². The average Bonchev–Trinajstić information content (AvgIpc) is 2.26. The maximum atomic E-state index is 3.67. The van der Waals surface area contributed by atoms with E-state index in [0.29, 0.717) is 11.5 Å². The lowest BCUT2D eigenvalue weighted by Crippen LogP contribution is -2.35. The summed E-state index contributed by atoms with van der Waals surface area (Å²) in [5, 5.41) is 7.29. The number of nitrogens with one attached hydrogen (secondary N) is 2. The molecule has 0 amide bonds. The van der Waals surface area contributed by atoms with Gasteiger partial charge in [-0.05, 0) is 51.1 Å². The topological polar surface area (TPSA) is 24.1 Å². The second kappa shape index (κ2) is 9.80. The summed E-state index contributed by atoms with van der Waals surface area (Å²) >= 11 is 0. The lowest BCUT2D eigenvalue weighted by Gasteiger charge is -2.22. The second-order valence-corrected chi connectivity index (χ2v) is 6.80. The summed E-state index contributed by atoms with van der Waals surface area (Å²) in [5.74, 6) is 0. The molecule has 0 saturated carbocycles. The van der Waals surface area contributed by atoms with Crippen LogP contribution < -0.4 is 10.6 Å². The normalized spacial score (nSPS) is 15.7. The Bertz CT molecular complexity index is 184. The molecular weight excluding hydrogens is 220 g/mol. The Hall–Kier alpha value is -0.0800. The van der Waals surface area contributed by atoms with E-state index in [4.69, 9.17) is 0 Å². The van der Waals surface area contributed by atoms with E-state index in [1.54, 1.807) is 0 Å². The average molecular weight is 256 g/mol. The van der Waals surface area contributed by atoms with E-state index in [2.05, 4.69) is 52.2 Å². The van der Waals surface area contributed by atoms with Gasteiger partial charge in [-0.1, -0.05) is 41.0 Å². The molecule has 2 N–H and O–H groups in total. The van der Waals surface area contributed by atoms with Crippen LogP contribution in [-0.2, 0) is 0 Å². The van der Waals surface area contributed by atoms with E-state index in [1.165, 1.54) is 32.1 Å². The molecule has 0 bridgehead atoms. The molecule has 0 aromatic carbocycles. The van der Waals surface area contributed by atoms with Gasteiger partial charge in [0, 0.05) is 12.1 Å². The zero-order chi connectivity index (χ0) is 14.0. The van der Waals surface area contributed by atoms with Crippen LogP contribution >= 0.6 is 0 Å². The van der Waals surface area contributed by atoms with Crippen LogP contribution in [0, 0.1) is 5.41 Å². The third-order valence-electron chi connectivity index (χ3n) is 3.51. The molecule has 0 rings (SSSR count). The lowest BCUT2D eigenvalue weighted by atomic mass is 9.92. The molecule has 2 unspecified atom stereocenters. The fourth-order valence-corrected chi connectivity index (χ4v) is 2.10. The zero-order valence-electron chi connectivity index (χ0n) is 13.6. The van der Waals surface area contributed by atoms with Crippen molar-refractivity contribution in [3.8, 4) is 0 Å². The Kier molecular flexibility index (Phi) is 9.76. The summed E-state index contributed by atoms with van der Waals surface area (Å²) in [4.78, 5) is 0. The molecule has 2 nitrogen and oxygen atoms in total. The maximum Gasteiger partial charge on any atom is 0.00643 e. The highest BCUT2D eigenvalue weighted by atomic mass is 14.9. The van der Waals surface area contributed by atoms with Crippen LogP contribution in [0.1, 0.15) is 73.6 Å². The van der Waals surface area contributed by atoms with Gasteiger partial charge in [0.05, 0.1) is 0 Å². The highest BCUT2D eigenvalue weighted by molar-refractivity contribution is 4.69. The molecule has 0 radical (unpaired) electrons. The summed E-state index contributed by atoms with van der Waals surface area (Å²) in [6.45, 7) is 16.0. The Morgan fingerprint density at radius 1 is 0.944 bits per heavy atom. The Labute approximate surface area is 115 Å². The molecule has 0 aliphatic heterocycles. The molecule has 0 saturated heterocycles. The number of hydrogen-bond donors (Lipinski definition) is 2. The molecule has 2 heteroatoms.